The molecule has 1 heterocycles. The van der Waals surface area contributed by atoms with E-state index >= 15 is 0 Å². The predicted octanol–water partition coefficient (Wildman–Crippen LogP) is 2.70. The molecule has 1 aromatic rings. The number of aryl methyl sites for hydroxylation is 1. The van der Waals surface area contributed by atoms with Crippen molar-refractivity contribution in [2.75, 3.05) is 0 Å². The van der Waals surface area contributed by atoms with Crippen molar-refractivity contribution in [2.24, 2.45) is 5.41 Å². The third kappa shape index (κ3) is 3.33. The van der Waals surface area contributed by atoms with Crippen LogP contribution in [0.3, 0.4) is 0 Å². The molecule has 0 saturated heterocycles. The maximum Gasteiger partial charge on any atom is 0.223 e. The van der Waals surface area contributed by atoms with E-state index in [1.165, 1.54) is 0 Å². The van der Waals surface area contributed by atoms with Crippen LogP contribution >= 0.6 is 0 Å². The lowest BCUT2D eigenvalue weighted by Crippen LogP contribution is -2.45. The average Bonchev–Trinajstić information content (AvgIpc) is 2.84. The van der Waals surface area contributed by atoms with Crippen molar-refractivity contribution in [1.82, 2.24) is 15.5 Å². The van der Waals surface area contributed by atoms with Crippen molar-refractivity contribution in [3.8, 4) is 0 Å². The lowest BCUT2D eigenvalue weighted by Gasteiger charge is -2.28. The van der Waals surface area contributed by atoms with Crippen molar-refractivity contribution in [3.05, 3.63) is 11.7 Å². The summed E-state index contributed by atoms with van der Waals surface area (Å²) in [5, 5.41) is 7.17. The molecule has 0 aliphatic heterocycles. The van der Waals surface area contributed by atoms with Gasteiger partial charge in [0.25, 0.3) is 0 Å². The number of carbonyl (C=O) groups is 1. The van der Waals surface area contributed by atoms with Gasteiger partial charge in [0.2, 0.25) is 11.8 Å². The fourth-order valence-corrected chi connectivity index (χ4v) is 2.67. The minimum absolute atomic E-state index is 0.0168. The summed E-state index contributed by atoms with van der Waals surface area (Å²) in [7, 11) is 0. The lowest BCUT2D eigenvalue weighted by molar-refractivity contribution is -0.125. The van der Waals surface area contributed by atoms with E-state index in [0.29, 0.717) is 18.1 Å². The summed E-state index contributed by atoms with van der Waals surface area (Å²) in [5.41, 5.74) is -0.433. The van der Waals surface area contributed by atoms with Crippen LogP contribution < -0.4 is 5.32 Å². The van der Waals surface area contributed by atoms with Crippen LogP contribution in [0.5, 0.6) is 0 Å². The molecule has 106 valence electrons. The number of nitrogens with zero attached hydrogens (tertiary/aromatic N) is 2. The maximum atomic E-state index is 12.2. The molecule has 5 nitrogen and oxygen atoms in total. The van der Waals surface area contributed by atoms with Crippen LogP contribution in [0.15, 0.2) is 4.52 Å². The third-order valence-electron chi connectivity index (χ3n) is 3.48. The molecule has 2 rings (SSSR count). The number of rotatable bonds is 3. The minimum atomic E-state index is -0.417. The Hall–Kier alpha value is -1.39. The fraction of sp³-hybridized carbons (Fsp3) is 0.786. The Kier molecular flexibility index (Phi) is 3.65. The van der Waals surface area contributed by atoms with E-state index in [-0.39, 0.29) is 11.3 Å². The van der Waals surface area contributed by atoms with Gasteiger partial charge in [-0.05, 0) is 18.3 Å². The first-order chi connectivity index (χ1) is 8.81. The molecule has 1 fully saturated rings. The Morgan fingerprint density at radius 1 is 1.37 bits per heavy atom. The number of nitrogens with one attached hydrogen (secondary N) is 1. The van der Waals surface area contributed by atoms with Gasteiger partial charge in [-0.15, -0.1) is 0 Å². The summed E-state index contributed by atoms with van der Waals surface area (Å²) in [4.78, 5) is 16.5. The van der Waals surface area contributed by atoms with E-state index in [4.69, 9.17) is 4.52 Å². The van der Waals surface area contributed by atoms with Gasteiger partial charge in [0.15, 0.2) is 5.82 Å². The molecule has 1 N–H and O–H groups in total. The first-order valence-corrected chi connectivity index (χ1v) is 6.93. The summed E-state index contributed by atoms with van der Waals surface area (Å²) in [5.74, 6) is 1.24. The van der Waals surface area contributed by atoms with Crippen LogP contribution in [0, 0.1) is 12.3 Å². The molecule has 0 aromatic carbocycles. The zero-order chi connectivity index (χ0) is 14.1. The predicted molar refractivity (Wildman–Crippen MR) is 71.4 cm³/mol. The van der Waals surface area contributed by atoms with Gasteiger partial charge in [0.05, 0.1) is 0 Å². The number of amides is 1. The number of hydrogen-bond donors (Lipinski definition) is 1. The van der Waals surface area contributed by atoms with Crippen molar-refractivity contribution < 1.29 is 9.32 Å². The Labute approximate surface area is 114 Å². The molecule has 1 amide bonds. The van der Waals surface area contributed by atoms with Crippen molar-refractivity contribution >= 4 is 5.91 Å². The summed E-state index contributed by atoms with van der Waals surface area (Å²) in [6, 6.07) is 0. The first-order valence-electron chi connectivity index (χ1n) is 6.93. The van der Waals surface area contributed by atoms with E-state index in [1.54, 1.807) is 6.92 Å². The molecule has 1 aromatic heterocycles. The standard InChI is InChI=1S/C14H23N3O2/c1-10-15-12(17-19-10)14(7-5-6-8-14)16-11(18)9-13(2,3)4/h5-9H2,1-4H3,(H,16,18). The van der Waals surface area contributed by atoms with E-state index in [2.05, 4.69) is 36.2 Å². The highest BCUT2D eigenvalue weighted by Crippen LogP contribution is 2.37. The molecule has 1 saturated carbocycles. The number of aromatic nitrogens is 2. The second kappa shape index (κ2) is 4.94. The van der Waals surface area contributed by atoms with Gasteiger partial charge in [-0.2, -0.15) is 4.98 Å². The van der Waals surface area contributed by atoms with Gasteiger partial charge in [0.1, 0.15) is 5.54 Å². The molecule has 0 radical (unpaired) electrons. The van der Waals surface area contributed by atoms with Crippen LogP contribution in [0.4, 0.5) is 0 Å². The molecular weight excluding hydrogens is 242 g/mol. The summed E-state index contributed by atoms with van der Waals surface area (Å²) < 4.78 is 5.07. The topological polar surface area (TPSA) is 68.0 Å². The van der Waals surface area contributed by atoms with E-state index in [0.717, 1.165) is 25.7 Å². The normalized spacial score (nSPS) is 18.5. The molecule has 0 bridgehead atoms. The molecule has 0 spiro atoms. The molecule has 0 atom stereocenters. The monoisotopic (exact) mass is 265 g/mol. The lowest BCUT2D eigenvalue weighted by atomic mass is 9.90. The van der Waals surface area contributed by atoms with Crippen LogP contribution in [-0.2, 0) is 10.3 Å². The van der Waals surface area contributed by atoms with Gasteiger partial charge in [-0.3, -0.25) is 4.79 Å². The van der Waals surface area contributed by atoms with Crippen LogP contribution in [0.1, 0.15) is 64.6 Å². The molecular formula is C14H23N3O2. The fourth-order valence-electron chi connectivity index (χ4n) is 2.67. The number of hydrogen-bond acceptors (Lipinski definition) is 4. The molecule has 19 heavy (non-hydrogen) atoms. The van der Waals surface area contributed by atoms with Gasteiger partial charge in [0, 0.05) is 13.3 Å². The average molecular weight is 265 g/mol. The Morgan fingerprint density at radius 2 is 2.00 bits per heavy atom. The second-order valence-electron chi connectivity index (χ2n) is 6.71. The zero-order valence-electron chi connectivity index (χ0n) is 12.2. The van der Waals surface area contributed by atoms with E-state index < -0.39 is 5.54 Å². The largest absolute Gasteiger partial charge is 0.343 e. The Balaban J connectivity index is 2.15. The SMILES string of the molecule is Cc1nc(C2(NC(=O)CC(C)(C)C)CCCC2)no1. The Bertz CT molecular complexity index is 454. The highest BCUT2D eigenvalue weighted by atomic mass is 16.5. The number of carbonyl (C=O) groups excluding carboxylic acids is 1. The maximum absolute atomic E-state index is 12.2. The smallest absolute Gasteiger partial charge is 0.223 e. The van der Waals surface area contributed by atoms with Crippen molar-refractivity contribution in [3.63, 3.8) is 0 Å². The highest BCUT2D eigenvalue weighted by Gasteiger charge is 2.41. The van der Waals surface area contributed by atoms with Gasteiger partial charge < -0.3 is 9.84 Å². The van der Waals surface area contributed by atoms with Crippen molar-refractivity contribution in [1.29, 1.82) is 0 Å². The van der Waals surface area contributed by atoms with Crippen LogP contribution in [0.2, 0.25) is 0 Å². The quantitative estimate of drug-likeness (QED) is 0.912. The van der Waals surface area contributed by atoms with E-state index in [9.17, 15) is 4.79 Å². The van der Waals surface area contributed by atoms with Gasteiger partial charge >= 0.3 is 0 Å². The third-order valence-corrected chi connectivity index (χ3v) is 3.48. The second-order valence-corrected chi connectivity index (χ2v) is 6.71. The van der Waals surface area contributed by atoms with Gasteiger partial charge in [-0.25, -0.2) is 0 Å². The van der Waals surface area contributed by atoms with Crippen LogP contribution in [-0.4, -0.2) is 16.0 Å². The first kappa shape index (κ1) is 14.0. The van der Waals surface area contributed by atoms with Crippen LogP contribution in [0.25, 0.3) is 0 Å². The summed E-state index contributed by atoms with van der Waals surface area (Å²) in [6.07, 6.45) is 4.46. The minimum Gasteiger partial charge on any atom is -0.343 e. The molecule has 5 heteroatoms. The molecule has 0 unspecified atom stereocenters. The zero-order valence-corrected chi connectivity index (χ0v) is 12.2. The van der Waals surface area contributed by atoms with Gasteiger partial charge in [-0.1, -0.05) is 38.8 Å². The highest BCUT2D eigenvalue weighted by molar-refractivity contribution is 5.77. The van der Waals surface area contributed by atoms with E-state index in [1.807, 2.05) is 0 Å². The Morgan fingerprint density at radius 3 is 2.47 bits per heavy atom. The summed E-state index contributed by atoms with van der Waals surface area (Å²) in [6.45, 7) is 7.96. The molecule has 1 aliphatic rings. The van der Waals surface area contributed by atoms with Crippen molar-refractivity contribution in [2.45, 2.75) is 65.3 Å². The molecule has 1 aliphatic carbocycles. The summed E-state index contributed by atoms with van der Waals surface area (Å²) >= 11 is 0.